The summed E-state index contributed by atoms with van der Waals surface area (Å²) in [6.07, 6.45) is 4.61. The van der Waals surface area contributed by atoms with Gasteiger partial charge in [0.2, 0.25) is 6.33 Å². The first-order valence-corrected chi connectivity index (χ1v) is 13.1. The van der Waals surface area contributed by atoms with E-state index < -0.39 is 0 Å². The van der Waals surface area contributed by atoms with E-state index in [4.69, 9.17) is 0 Å². The molecule has 4 aromatic carbocycles. The highest BCUT2D eigenvalue weighted by atomic mass is 15.1. The lowest BCUT2D eigenvalue weighted by molar-refractivity contribution is -0.663. The van der Waals surface area contributed by atoms with Crippen LogP contribution < -0.4 is 4.57 Å². The summed E-state index contributed by atoms with van der Waals surface area (Å²) in [5.41, 5.74) is 10.7. The van der Waals surface area contributed by atoms with Crippen LogP contribution in [-0.4, -0.2) is 9.13 Å². The van der Waals surface area contributed by atoms with Crippen LogP contribution in [0, 0.1) is 20.8 Å². The zero-order valence-electron chi connectivity index (χ0n) is 21.5. The molecular weight excluding hydrogens is 438 g/mol. The molecule has 0 bridgehead atoms. The molecule has 0 aliphatic heterocycles. The van der Waals surface area contributed by atoms with E-state index in [9.17, 15) is 0 Å². The summed E-state index contributed by atoms with van der Waals surface area (Å²) >= 11 is 0. The Morgan fingerprint density at radius 3 is 1.94 bits per heavy atom. The number of imidazole rings is 1. The van der Waals surface area contributed by atoms with E-state index in [0.29, 0.717) is 0 Å². The summed E-state index contributed by atoms with van der Waals surface area (Å²) in [4.78, 5) is 0. The molecule has 0 atom stereocenters. The van der Waals surface area contributed by atoms with Crippen LogP contribution in [-0.2, 0) is 19.6 Å². The van der Waals surface area contributed by atoms with E-state index in [0.717, 1.165) is 32.5 Å². The number of fused-ring (bicyclic) bond motifs is 4. The average molecular weight is 473 g/mol. The number of aryl methyl sites for hydroxylation is 5. The third kappa shape index (κ3) is 4.09. The molecule has 0 fully saturated rings. The summed E-state index contributed by atoms with van der Waals surface area (Å²) in [6, 6.07) is 31.2. The van der Waals surface area contributed by atoms with Gasteiger partial charge in [-0.05, 0) is 74.6 Å². The lowest BCUT2D eigenvalue weighted by atomic mass is 10.1. The number of hydrogen-bond donors (Lipinski definition) is 0. The fourth-order valence-corrected chi connectivity index (χ4v) is 5.53. The smallest absolute Gasteiger partial charge is 0.245 e. The van der Waals surface area contributed by atoms with Gasteiger partial charge < -0.3 is 4.57 Å². The van der Waals surface area contributed by atoms with Crippen LogP contribution in [0.25, 0.3) is 32.8 Å². The monoisotopic (exact) mass is 472 g/mol. The summed E-state index contributed by atoms with van der Waals surface area (Å²) in [5, 5.41) is 2.71. The number of unbranched alkanes of at least 4 members (excludes halogenated alkanes) is 1. The predicted octanol–water partition coefficient (Wildman–Crippen LogP) is 7.49. The van der Waals surface area contributed by atoms with Gasteiger partial charge in [-0.2, -0.15) is 0 Å². The zero-order valence-corrected chi connectivity index (χ0v) is 21.5. The van der Waals surface area contributed by atoms with Crippen molar-refractivity contribution in [2.45, 2.75) is 53.2 Å². The molecule has 0 radical (unpaired) electrons. The first-order valence-electron chi connectivity index (χ1n) is 13.1. The first-order chi connectivity index (χ1) is 17.6. The van der Waals surface area contributed by atoms with Crippen LogP contribution in [0.1, 0.15) is 35.1 Å². The second-order valence-electron chi connectivity index (χ2n) is 10.2. The van der Waals surface area contributed by atoms with Gasteiger partial charge in [-0.3, -0.25) is 0 Å². The van der Waals surface area contributed by atoms with E-state index in [1.165, 1.54) is 55.1 Å². The van der Waals surface area contributed by atoms with Crippen LogP contribution in [0.3, 0.4) is 0 Å². The fraction of sp³-hybridized carbons (Fsp3) is 0.242. The lowest BCUT2D eigenvalue weighted by Gasteiger charge is -2.07. The van der Waals surface area contributed by atoms with Gasteiger partial charge in [0.25, 0.3) is 0 Å². The maximum absolute atomic E-state index is 2.50. The maximum atomic E-state index is 2.50. The highest BCUT2D eigenvalue weighted by molar-refractivity contribution is 6.07. The molecule has 0 saturated carbocycles. The van der Waals surface area contributed by atoms with Gasteiger partial charge in [-0.25, -0.2) is 9.13 Å². The van der Waals surface area contributed by atoms with Gasteiger partial charge in [0, 0.05) is 28.4 Å². The topological polar surface area (TPSA) is 13.7 Å². The fourth-order valence-electron chi connectivity index (χ4n) is 5.53. The summed E-state index contributed by atoms with van der Waals surface area (Å²) in [5.74, 6) is 0. The average Bonchev–Trinajstić information content (AvgIpc) is 3.38. The van der Waals surface area contributed by atoms with Gasteiger partial charge in [-0.15, -0.1) is 0 Å². The number of aromatic nitrogens is 3. The highest BCUT2D eigenvalue weighted by Crippen LogP contribution is 2.29. The van der Waals surface area contributed by atoms with Gasteiger partial charge in [0.1, 0.15) is 6.54 Å². The number of rotatable bonds is 7. The van der Waals surface area contributed by atoms with Crippen LogP contribution >= 0.6 is 0 Å². The summed E-state index contributed by atoms with van der Waals surface area (Å²) in [6.45, 7) is 9.54. The van der Waals surface area contributed by atoms with Crippen LogP contribution in [0.5, 0.6) is 0 Å². The molecule has 3 nitrogen and oxygen atoms in total. The standard InChI is InChI=1S/C33H34N3/c1-24-14-16-27(17-15-24)22-35-23-34(32-20-25(2)26(3)21-33(32)35)18-8-9-19-36-30-12-6-4-10-28(30)29-11-5-7-13-31(29)36/h4-7,10-17,20-21,23H,8-9,18-19,22H2,1-3H3/q+1. The van der Waals surface area contributed by atoms with Crippen molar-refractivity contribution in [3.05, 3.63) is 114 Å². The molecule has 180 valence electrons. The molecule has 0 unspecified atom stereocenters. The van der Waals surface area contributed by atoms with Crippen molar-refractivity contribution in [1.82, 2.24) is 9.13 Å². The predicted molar refractivity (Wildman–Crippen MR) is 151 cm³/mol. The summed E-state index contributed by atoms with van der Waals surface area (Å²) in [7, 11) is 0. The number of nitrogens with zero attached hydrogens (tertiary/aromatic N) is 3. The number of benzene rings is 4. The molecule has 0 amide bonds. The Morgan fingerprint density at radius 1 is 0.639 bits per heavy atom. The molecule has 36 heavy (non-hydrogen) atoms. The first kappa shape index (κ1) is 22.6. The van der Waals surface area contributed by atoms with E-state index in [1.54, 1.807) is 0 Å². The highest BCUT2D eigenvalue weighted by Gasteiger charge is 2.17. The minimum atomic E-state index is 0.896. The maximum Gasteiger partial charge on any atom is 0.245 e. The third-order valence-corrected chi connectivity index (χ3v) is 7.67. The summed E-state index contributed by atoms with van der Waals surface area (Å²) < 4.78 is 7.38. The van der Waals surface area contributed by atoms with Crippen molar-refractivity contribution < 1.29 is 4.57 Å². The normalized spacial score (nSPS) is 11.8. The Kier molecular flexibility index (Phi) is 5.85. The molecule has 0 aliphatic carbocycles. The van der Waals surface area contributed by atoms with Gasteiger partial charge in [-0.1, -0.05) is 66.2 Å². The zero-order chi connectivity index (χ0) is 24.6. The Bertz CT molecular complexity index is 1630. The Morgan fingerprint density at radius 2 is 1.25 bits per heavy atom. The number of hydrogen-bond acceptors (Lipinski definition) is 0. The van der Waals surface area contributed by atoms with Crippen molar-refractivity contribution >= 4 is 32.8 Å². The van der Waals surface area contributed by atoms with Crippen molar-refractivity contribution in [1.29, 1.82) is 0 Å². The van der Waals surface area contributed by atoms with Crippen molar-refractivity contribution in [3.63, 3.8) is 0 Å². The molecule has 3 heteroatoms. The quantitative estimate of drug-likeness (QED) is 0.169. The minimum absolute atomic E-state index is 0.896. The molecule has 0 spiro atoms. The van der Waals surface area contributed by atoms with E-state index >= 15 is 0 Å². The minimum Gasteiger partial charge on any atom is -0.340 e. The van der Waals surface area contributed by atoms with Gasteiger partial charge >= 0.3 is 0 Å². The second-order valence-corrected chi connectivity index (χ2v) is 10.2. The van der Waals surface area contributed by atoms with Crippen LogP contribution in [0.4, 0.5) is 0 Å². The molecular formula is C33H34N3+. The number of para-hydroxylation sites is 2. The molecule has 6 aromatic rings. The van der Waals surface area contributed by atoms with Crippen LogP contribution in [0.15, 0.2) is 91.3 Å². The van der Waals surface area contributed by atoms with E-state index in [1.807, 2.05) is 0 Å². The molecule has 0 N–H and O–H groups in total. The van der Waals surface area contributed by atoms with Gasteiger partial charge in [0.05, 0.1) is 6.54 Å². The Balaban J connectivity index is 1.25. The third-order valence-electron chi connectivity index (χ3n) is 7.67. The molecule has 6 rings (SSSR count). The van der Waals surface area contributed by atoms with E-state index in [2.05, 4.69) is 126 Å². The molecule has 0 saturated heterocycles. The second kappa shape index (κ2) is 9.31. The largest absolute Gasteiger partial charge is 0.340 e. The SMILES string of the molecule is Cc1ccc(C[n+]2cn(CCCCn3c4ccccc4c4ccccc43)c3cc(C)c(C)cc32)cc1. The lowest BCUT2D eigenvalue weighted by Crippen LogP contribution is -2.32. The molecule has 2 aromatic heterocycles. The van der Waals surface area contributed by atoms with Crippen molar-refractivity contribution in [2.75, 3.05) is 0 Å². The molecule has 2 heterocycles. The van der Waals surface area contributed by atoms with E-state index in [-0.39, 0.29) is 0 Å². The van der Waals surface area contributed by atoms with Crippen molar-refractivity contribution in [3.8, 4) is 0 Å². The molecule has 0 aliphatic rings. The Hall–Kier alpha value is -3.85. The van der Waals surface area contributed by atoms with Gasteiger partial charge in [0.15, 0.2) is 11.0 Å². The van der Waals surface area contributed by atoms with Crippen molar-refractivity contribution in [2.24, 2.45) is 0 Å². The van der Waals surface area contributed by atoms with Crippen LogP contribution in [0.2, 0.25) is 0 Å². The Labute approximate surface area is 213 Å².